The Morgan fingerprint density at radius 1 is 1.17 bits per heavy atom. The van der Waals surface area contributed by atoms with E-state index in [2.05, 4.69) is 15.9 Å². The van der Waals surface area contributed by atoms with Crippen LogP contribution in [-0.4, -0.2) is 14.2 Å². The molecule has 0 unspecified atom stereocenters. The summed E-state index contributed by atoms with van der Waals surface area (Å²) in [6, 6.07) is 5.67. The van der Waals surface area contributed by atoms with Gasteiger partial charge in [0.2, 0.25) is 0 Å². The Morgan fingerprint density at radius 3 is 2.56 bits per heavy atom. The van der Waals surface area contributed by atoms with Gasteiger partial charge in [0.15, 0.2) is 0 Å². The van der Waals surface area contributed by atoms with Gasteiger partial charge < -0.3 is 19.6 Å². The third-order valence-electron chi connectivity index (χ3n) is 2.71. The van der Waals surface area contributed by atoms with Gasteiger partial charge in [-0.2, -0.15) is 0 Å². The summed E-state index contributed by atoms with van der Waals surface area (Å²) in [6.07, 6.45) is 1.62. The first-order valence-electron chi connectivity index (χ1n) is 5.40. The molecule has 0 fully saturated rings. The Morgan fingerprint density at radius 2 is 1.94 bits per heavy atom. The second-order valence-electron chi connectivity index (χ2n) is 3.62. The standard InChI is InChI=1S/C13H14BrNO3/c1-16-10-4-3-9(13(17-2)12(10)14)8-5-6-18-11(8)7-15/h3-6H,7,15H2,1-2H3. The number of hydrogen-bond donors (Lipinski definition) is 1. The van der Waals surface area contributed by atoms with E-state index >= 15 is 0 Å². The van der Waals surface area contributed by atoms with Crippen LogP contribution in [0.3, 0.4) is 0 Å². The number of nitrogens with two attached hydrogens (primary N) is 1. The van der Waals surface area contributed by atoms with E-state index in [4.69, 9.17) is 19.6 Å². The molecule has 0 atom stereocenters. The van der Waals surface area contributed by atoms with E-state index in [-0.39, 0.29) is 0 Å². The molecule has 0 aliphatic rings. The topological polar surface area (TPSA) is 57.6 Å². The number of furan rings is 1. The van der Waals surface area contributed by atoms with Gasteiger partial charge in [-0.15, -0.1) is 0 Å². The van der Waals surface area contributed by atoms with Gasteiger partial charge in [0.25, 0.3) is 0 Å². The summed E-state index contributed by atoms with van der Waals surface area (Å²) in [5, 5.41) is 0. The van der Waals surface area contributed by atoms with Crippen LogP contribution in [0.5, 0.6) is 11.5 Å². The fourth-order valence-corrected chi connectivity index (χ4v) is 2.52. The van der Waals surface area contributed by atoms with E-state index in [0.717, 1.165) is 21.4 Å². The molecule has 4 nitrogen and oxygen atoms in total. The lowest BCUT2D eigenvalue weighted by Gasteiger charge is -2.13. The van der Waals surface area contributed by atoms with Gasteiger partial charge >= 0.3 is 0 Å². The highest BCUT2D eigenvalue weighted by Gasteiger charge is 2.17. The lowest BCUT2D eigenvalue weighted by atomic mass is 10.0. The van der Waals surface area contributed by atoms with Crippen molar-refractivity contribution < 1.29 is 13.9 Å². The first-order valence-corrected chi connectivity index (χ1v) is 6.19. The van der Waals surface area contributed by atoms with Crippen LogP contribution in [0.25, 0.3) is 11.1 Å². The van der Waals surface area contributed by atoms with Crippen molar-refractivity contribution >= 4 is 15.9 Å². The number of hydrogen-bond acceptors (Lipinski definition) is 4. The maximum absolute atomic E-state index is 5.65. The molecular formula is C13H14BrNO3. The van der Waals surface area contributed by atoms with Crippen molar-refractivity contribution in [2.75, 3.05) is 14.2 Å². The quantitative estimate of drug-likeness (QED) is 0.942. The molecule has 96 valence electrons. The van der Waals surface area contributed by atoms with E-state index in [1.807, 2.05) is 18.2 Å². The average molecular weight is 312 g/mol. The maximum Gasteiger partial charge on any atom is 0.144 e. The van der Waals surface area contributed by atoms with E-state index in [9.17, 15) is 0 Å². The molecule has 0 radical (unpaired) electrons. The fraction of sp³-hybridized carbons (Fsp3) is 0.231. The van der Waals surface area contributed by atoms with Crippen molar-refractivity contribution in [2.45, 2.75) is 6.54 Å². The Labute approximate surface area is 114 Å². The molecule has 0 bridgehead atoms. The van der Waals surface area contributed by atoms with Gasteiger partial charge in [-0.05, 0) is 34.1 Å². The monoisotopic (exact) mass is 311 g/mol. The third kappa shape index (κ3) is 2.11. The Balaban J connectivity index is 2.61. The van der Waals surface area contributed by atoms with E-state index < -0.39 is 0 Å². The van der Waals surface area contributed by atoms with Gasteiger partial charge in [-0.25, -0.2) is 0 Å². The van der Waals surface area contributed by atoms with E-state index in [1.54, 1.807) is 20.5 Å². The zero-order valence-corrected chi connectivity index (χ0v) is 11.8. The van der Waals surface area contributed by atoms with Crippen LogP contribution in [0.2, 0.25) is 0 Å². The van der Waals surface area contributed by atoms with Crippen molar-refractivity contribution in [1.29, 1.82) is 0 Å². The zero-order chi connectivity index (χ0) is 13.1. The van der Waals surface area contributed by atoms with Crippen LogP contribution >= 0.6 is 15.9 Å². The predicted molar refractivity (Wildman–Crippen MR) is 72.8 cm³/mol. The van der Waals surface area contributed by atoms with Gasteiger partial charge in [0, 0.05) is 11.1 Å². The van der Waals surface area contributed by atoms with Crippen LogP contribution in [-0.2, 0) is 6.54 Å². The molecule has 1 aromatic carbocycles. The molecule has 1 heterocycles. The minimum Gasteiger partial charge on any atom is -0.495 e. The average Bonchev–Trinajstić information content (AvgIpc) is 2.86. The lowest BCUT2D eigenvalue weighted by molar-refractivity contribution is 0.390. The number of halogens is 1. The van der Waals surface area contributed by atoms with Gasteiger partial charge in [-0.3, -0.25) is 0 Å². The van der Waals surface area contributed by atoms with E-state index in [0.29, 0.717) is 18.0 Å². The second kappa shape index (κ2) is 5.46. The second-order valence-corrected chi connectivity index (χ2v) is 4.42. The maximum atomic E-state index is 5.65. The van der Waals surface area contributed by atoms with Crippen LogP contribution in [0.15, 0.2) is 33.4 Å². The van der Waals surface area contributed by atoms with Crippen molar-refractivity contribution in [3.05, 3.63) is 34.7 Å². The van der Waals surface area contributed by atoms with Crippen LogP contribution in [0, 0.1) is 0 Å². The van der Waals surface area contributed by atoms with Crippen LogP contribution < -0.4 is 15.2 Å². The zero-order valence-electron chi connectivity index (χ0n) is 10.2. The van der Waals surface area contributed by atoms with Crippen molar-refractivity contribution in [2.24, 2.45) is 5.73 Å². The Hall–Kier alpha value is -1.46. The summed E-state index contributed by atoms with van der Waals surface area (Å²) in [4.78, 5) is 0. The van der Waals surface area contributed by atoms with Crippen molar-refractivity contribution in [3.8, 4) is 22.6 Å². The summed E-state index contributed by atoms with van der Waals surface area (Å²) in [5.41, 5.74) is 7.49. The molecule has 2 rings (SSSR count). The highest BCUT2D eigenvalue weighted by atomic mass is 79.9. The molecular weight excluding hydrogens is 298 g/mol. The molecule has 2 N–H and O–H groups in total. The third-order valence-corrected chi connectivity index (χ3v) is 3.46. The molecule has 5 heteroatoms. The number of rotatable bonds is 4. The van der Waals surface area contributed by atoms with Crippen LogP contribution in [0.4, 0.5) is 0 Å². The summed E-state index contributed by atoms with van der Waals surface area (Å²) in [6.45, 7) is 0.342. The summed E-state index contributed by atoms with van der Waals surface area (Å²) >= 11 is 3.47. The minimum absolute atomic E-state index is 0.342. The smallest absolute Gasteiger partial charge is 0.144 e. The summed E-state index contributed by atoms with van der Waals surface area (Å²) < 4.78 is 16.8. The molecule has 0 saturated heterocycles. The first-order chi connectivity index (χ1) is 8.72. The molecule has 18 heavy (non-hydrogen) atoms. The number of benzene rings is 1. The molecule has 0 spiro atoms. The molecule has 0 aliphatic heterocycles. The first kappa shape index (κ1) is 13.0. The minimum atomic E-state index is 0.342. The Kier molecular flexibility index (Phi) is 3.93. The summed E-state index contributed by atoms with van der Waals surface area (Å²) in [7, 11) is 3.23. The highest BCUT2D eigenvalue weighted by Crippen LogP contribution is 2.43. The SMILES string of the molecule is COc1ccc(-c2ccoc2CN)c(OC)c1Br. The normalized spacial score (nSPS) is 10.4. The predicted octanol–water partition coefficient (Wildman–Crippen LogP) is 3.19. The molecule has 0 aliphatic carbocycles. The lowest BCUT2D eigenvalue weighted by Crippen LogP contribution is -1.98. The Bertz CT molecular complexity index is 551. The van der Waals surface area contributed by atoms with Gasteiger partial charge in [0.1, 0.15) is 21.7 Å². The highest BCUT2D eigenvalue weighted by molar-refractivity contribution is 9.10. The summed E-state index contributed by atoms with van der Waals surface area (Å²) in [5.74, 6) is 2.14. The fourth-order valence-electron chi connectivity index (χ4n) is 1.85. The van der Waals surface area contributed by atoms with Gasteiger partial charge in [-0.1, -0.05) is 0 Å². The van der Waals surface area contributed by atoms with Crippen LogP contribution in [0.1, 0.15) is 5.76 Å². The van der Waals surface area contributed by atoms with E-state index in [1.165, 1.54) is 0 Å². The number of methoxy groups -OCH3 is 2. The molecule has 0 saturated carbocycles. The number of ether oxygens (including phenoxy) is 2. The van der Waals surface area contributed by atoms with Crippen molar-refractivity contribution in [3.63, 3.8) is 0 Å². The molecule has 0 amide bonds. The largest absolute Gasteiger partial charge is 0.495 e. The molecule has 1 aromatic heterocycles. The van der Waals surface area contributed by atoms with Crippen molar-refractivity contribution in [1.82, 2.24) is 0 Å². The van der Waals surface area contributed by atoms with Gasteiger partial charge in [0.05, 0.1) is 27.0 Å². The molecule has 2 aromatic rings.